The molecular weight excluding hydrogens is 156 g/mol. The molecule has 0 N–H and O–H groups in total. The van der Waals surface area contributed by atoms with Gasteiger partial charge in [0.05, 0.1) is 4.88 Å². The Bertz CT molecular complexity index is 270. The van der Waals surface area contributed by atoms with Crippen LogP contribution in [0.2, 0.25) is 0 Å². The standard InChI is InChI=1S/C9H10OS/c1-3-7(2)9(10)8-5-4-6-11-8/h3-6H,1-2H3/b7-3+. The first-order valence-electron chi connectivity index (χ1n) is 3.47. The summed E-state index contributed by atoms with van der Waals surface area (Å²) in [5, 5.41) is 1.91. The number of thiophene rings is 1. The summed E-state index contributed by atoms with van der Waals surface area (Å²) < 4.78 is 0. The van der Waals surface area contributed by atoms with E-state index < -0.39 is 0 Å². The van der Waals surface area contributed by atoms with E-state index in [9.17, 15) is 4.79 Å². The summed E-state index contributed by atoms with van der Waals surface area (Å²) in [7, 11) is 0. The minimum atomic E-state index is 0.141. The molecule has 1 nitrogen and oxygen atoms in total. The van der Waals surface area contributed by atoms with Crippen molar-refractivity contribution in [1.82, 2.24) is 0 Å². The van der Waals surface area contributed by atoms with Crippen molar-refractivity contribution in [2.24, 2.45) is 0 Å². The molecule has 1 aromatic heterocycles. The lowest BCUT2D eigenvalue weighted by Crippen LogP contribution is -1.96. The van der Waals surface area contributed by atoms with Gasteiger partial charge < -0.3 is 0 Å². The molecule has 0 amide bonds. The topological polar surface area (TPSA) is 17.1 Å². The summed E-state index contributed by atoms with van der Waals surface area (Å²) in [6, 6.07) is 3.74. The predicted molar refractivity (Wildman–Crippen MR) is 48.1 cm³/mol. The molecule has 0 fully saturated rings. The summed E-state index contributed by atoms with van der Waals surface area (Å²) >= 11 is 1.48. The number of rotatable bonds is 2. The highest BCUT2D eigenvalue weighted by Crippen LogP contribution is 2.13. The maximum absolute atomic E-state index is 11.4. The average Bonchev–Trinajstić information content (AvgIpc) is 2.53. The van der Waals surface area contributed by atoms with Crippen molar-refractivity contribution < 1.29 is 4.79 Å². The van der Waals surface area contributed by atoms with Crippen LogP contribution < -0.4 is 0 Å². The van der Waals surface area contributed by atoms with Gasteiger partial charge in [-0.3, -0.25) is 4.79 Å². The lowest BCUT2D eigenvalue weighted by Gasteiger charge is -1.93. The molecule has 0 unspecified atom stereocenters. The summed E-state index contributed by atoms with van der Waals surface area (Å²) in [5.74, 6) is 0.141. The largest absolute Gasteiger partial charge is 0.288 e. The third-order valence-electron chi connectivity index (χ3n) is 1.54. The van der Waals surface area contributed by atoms with Gasteiger partial charge in [0.25, 0.3) is 0 Å². The summed E-state index contributed by atoms with van der Waals surface area (Å²) in [5.41, 5.74) is 0.812. The van der Waals surface area contributed by atoms with Crippen molar-refractivity contribution in [1.29, 1.82) is 0 Å². The lowest BCUT2D eigenvalue weighted by molar-refractivity contribution is 0.103. The molecule has 11 heavy (non-hydrogen) atoms. The van der Waals surface area contributed by atoms with Crippen LogP contribution in [0.3, 0.4) is 0 Å². The van der Waals surface area contributed by atoms with Crippen LogP contribution in [0.5, 0.6) is 0 Å². The molecule has 58 valence electrons. The highest BCUT2D eigenvalue weighted by atomic mass is 32.1. The van der Waals surface area contributed by atoms with Gasteiger partial charge in [-0.15, -0.1) is 11.3 Å². The first kappa shape index (κ1) is 8.21. The Morgan fingerprint density at radius 2 is 2.36 bits per heavy atom. The summed E-state index contributed by atoms with van der Waals surface area (Å²) in [4.78, 5) is 12.2. The van der Waals surface area contributed by atoms with Crippen LogP contribution in [0.15, 0.2) is 29.2 Å². The van der Waals surface area contributed by atoms with Crippen molar-refractivity contribution in [2.75, 3.05) is 0 Å². The molecule has 0 aromatic carbocycles. The number of hydrogen-bond donors (Lipinski definition) is 0. The number of carbonyl (C=O) groups is 1. The zero-order valence-electron chi connectivity index (χ0n) is 6.63. The molecule has 0 aliphatic heterocycles. The first-order chi connectivity index (χ1) is 5.25. The third-order valence-corrected chi connectivity index (χ3v) is 2.40. The Kier molecular flexibility index (Phi) is 2.60. The van der Waals surface area contributed by atoms with Crippen LogP contribution in [-0.4, -0.2) is 5.78 Å². The van der Waals surface area contributed by atoms with Crippen molar-refractivity contribution in [3.8, 4) is 0 Å². The lowest BCUT2D eigenvalue weighted by atomic mass is 10.1. The maximum atomic E-state index is 11.4. The molecule has 0 aliphatic rings. The van der Waals surface area contributed by atoms with E-state index in [1.54, 1.807) is 0 Å². The molecule has 0 saturated heterocycles. The SMILES string of the molecule is C/C=C(\C)C(=O)c1cccs1. The second-order valence-electron chi connectivity index (χ2n) is 2.28. The van der Waals surface area contributed by atoms with Crippen molar-refractivity contribution in [3.63, 3.8) is 0 Å². The van der Waals surface area contributed by atoms with E-state index in [2.05, 4.69) is 0 Å². The molecule has 0 atom stereocenters. The molecule has 1 aromatic rings. The van der Waals surface area contributed by atoms with Crippen LogP contribution in [0.1, 0.15) is 23.5 Å². The number of hydrogen-bond acceptors (Lipinski definition) is 2. The fourth-order valence-electron chi connectivity index (χ4n) is 0.733. The van der Waals surface area contributed by atoms with Gasteiger partial charge in [-0.2, -0.15) is 0 Å². The van der Waals surface area contributed by atoms with Crippen LogP contribution in [0.4, 0.5) is 0 Å². The quantitative estimate of drug-likeness (QED) is 0.487. The Morgan fingerprint density at radius 1 is 1.64 bits per heavy atom. The van der Waals surface area contributed by atoms with Gasteiger partial charge in [-0.1, -0.05) is 12.1 Å². The van der Waals surface area contributed by atoms with E-state index in [-0.39, 0.29) is 5.78 Å². The second kappa shape index (κ2) is 3.49. The normalized spacial score (nSPS) is 11.6. The smallest absolute Gasteiger partial charge is 0.198 e. The predicted octanol–water partition coefficient (Wildman–Crippen LogP) is 2.90. The molecule has 0 bridgehead atoms. The van der Waals surface area contributed by atoms with E-state index in [0.29, 0.717) is 0 Å². The van der Waals surface area contributed by atoms with Crippen LogP contribution in [0, 0.1) is 0 Å². The second-order valence-corrected chi connectivity index (χ2v) is 3.23. The van der Waals surface area contributed by atoms with Gasteiger partial charge in [0, 0.05) is 0 Å². The zero-order valence-corrected chi connectivity index (χ0v) is 7.44. The fraction of sp³-hybridized carbons (Fsp3) is 0.222. The monoisotopic (exact) mass is 166 g/mol. The van der Waals surface area contributed by atoms with E-state index in [4.69, 9.17) is 0 Å². The average molecular weight is 166 g/mol. The molecule has 1 heterocycles. The minimum Gasteiger partial charge on any atom is -0.288 e. The molecular formula is C9H10OS. The van der Waals surface area contributed by atoms with E-state index in [1.165, 1.54) is 11.3 Å². The van der Waals surface area contributed by atoms with Crippen molar-refractivity contribution in [3.05, 3.63) is 34.0 Å². The maximum Gasteiger partial charge on any atom is 0.198 e. The number of ketones is 1. The van der Waals surface area contributed by atoms with Gasteiger partial charge in [0.15, 0.2) is 5.78 Å². The first-order valence-corrected chi connectivity index (χ1v) is 4.34. The molecule has 0 spiro atoms. The van der Waals surface area contributed by atoms with Crippen LogP contribution >= 0.6 is 11.3 Å². The van der Waals surface area contributed by atoms with E-state index in [1.807, 2.05) is 37.4 Å². The van der Waals surface area contributed by atoms with Gasteiger partial charge in [0.1, 0.15) is 0 Å². The summed E-state index contributed by atoms with van der Waals surface area (Å²) in [6.07, 6.45) is 1.84. The molecule has 0 radical (unpaired) electrons. The number of carbonyl (C=O) groups excluding carboxylic acids is 1. The Hall–Kier alpha value is -0.890. The van der Waals surface area contributed by atoms with Crippen molar-refractivity contribution in [2.45, 2.75) is 13.8 Å². The molecule has 1 rings (SSSR count). The van der Waals surface area contributed by atoms with Crippen LogP contribution in [0.25, 0.3) is 0 Å². The Labute approximate surface area is 70.4 Å². The Balaban J connectivity index is 2.87. The fourth-order valence-corrected chi connectivity index (χ4v) is 1.46. The number of allylic oxidation sites excluding steroid dienone is 2. The summed E-state index contributed by atoms with van der Waals surface area (Å²) in [6.45, 7) is 3.71. The molecule has 0 aliphatic carbocycles. The zero-order chi connectivity index (χ0) is 8.27. The highest BCUT2D eigenvalue weighted by molar-refractivity contribution is 7.12. The third kappa shape index (κ3) is 1.77. The van der Waals surface area contributed by atoms with Gasteiger partial charge >= 0.3 is 0 Å². The van der Waals surface area contributed by atoms with E-state index >= 15 is 0 Å². The van der Waals surface area contributed by atoms with E-state index in [0.717, 1.165) is 10.5 Å². The van der Waals surface area contributed by atoms with Crippen molar-refractivity contribution >= 4 is 17.1 Å². The molecule has 2 heteroatoms. The molecule has 0 saturated carbocycles. The Morgan fingerprint density at radius 3 is 2.82 bits per heavy atom. The van der Waals surface area contributed by atoms with Gasteiger partial charge in [-0.05, 0) is 30.9 Å². The van der Waals surface area contributed by atoms with Crippen LogP contribution in [-0.2, 0) is 0 Å². The minimum absolute atomic E-state index is 0.141. The van der Waals surface area contributed by atoms with Gasteiger partial charge in [0.2, 0.25) is 0 Å². The van der Waals surface area contributed by atoms with Gasteiger partial charge in [-0.25, -0.2) is 0 Å². The number of Topliss-reactive ketones (excluding diaryl/α,β-unsaturated/α-hetero) is 1. The highest BCUT2D eigenvalue weighted by Gasteiger charge is 2.06.